The van der Waals surface area contributed by atoms with Crippen LogP contribution in [0.3, 0.4) is 0 Å². The average Bonchev–Trinajstić information content (AvgIpc) is 3.03. The fraction of sp³-hybridized carbons (Fsp3) is 0.211. The molecular formula is C19H18ClFN4O3. The molecule has 1 aromatic carbocycles. The van der Waals surface area contributed by atoms with Gasteiger partial charge in [0.2, 0.25) is 0 Å². The van der Waals surface area contributed by atoms with Gasteiger partial charge in [-0.3, -0.25) is 9.69 Å². The first-order chi connectivity index (χ1) is 13.3. The van der Waals surface area contributed by atoms with Crippen molar-refractivity contribution in [2.75, 3.05) is 11.9 Å². The van der Waals surface area contributed by atoms with Crippen LogP contribution in [0.2, 0.25) is 5.02 Å². The van der Waals surface area contributed by atoms with E-state index in [2.05, 4.69) is 22.4 Å². The predicted octanol–water partition coefficient (Wildman–Crippen LogP) is 3.94. The smallest absolute Gasteiger partial charge is 0.322 e. The normalized spacial score (nSPS) is 16.8. The van der Waals surface area contributed by atoms with E-state index in [0.29, 0.717) is 11.5 Å². The van der Waals surface area contributed by atoms with Crippen molar-refractivity contribution in [1.29, 1.82) is 0 Å². The Labute approximate surface area is 165 Å². The van der Waals surface area contributed by atoms with Gasteiger partial charge in [0.25, 0.3) is 5.91 Å². The maximum atomic E-state index is 14.6. The molecule has 28 heavy (non-hydrogen) atoms. The summed E-state index contributed by atoms with van der Waals surface area (Å²) in [6.45, 7) is 7.08. The summed E-state index contributed by atoms with van der Waals surface area (Å²) in [5, 5.41) is 9.09. The van der Waals surface area contributed by atoms with Crippen molar-refractivity contribution in [1.82, 2.24) is 15.4 Å². The number of carbonyl (C=O) groups excluding carboxylic acids is 2. The van der Waals surface area contributed by atoms with E-state index in [1.165, 1.54) is 29.2 Å². The van der Waals surface area contributed by atoms with Crippen molar-refractivity contribution >= 4 is 29.4 Å². The number of carbonyl (C=O) groups is 2. The largest absolute Gasteiger partial charge is 0.360 e. The van der Waals surface area contributed by atoms with Crippen LogP contribution in [0.1, 0.15) is 24.3 Å². The topological polar surface area (TPSA) is 87.5 Å². The molecule has 0 bridgehead atoms. The van der Waals surface area contributed by atoms with Crippen molar-refractivity contribution in [3.63, 3.8) is 0 Å². The zero-order valence-corrected chi connectivity index (χ0v) is 16.0. The van der Waals surface area contributed by atoms with Gasteiger partial charge in [0.1, 0.15) is 11.6 Å². The number of anilines is 1. The number of benzene rings is 1. The molecule has 0 spiro atoms. The highest BCUT2D eigenvalue weighted by molar-refractivity contribution is 6.31. The first kappa shape index (κ1) is 19.6. The minimum atomic E-state index is -1.07. The second-order valence-electron chi connectivity index (χ2n) is 6.19. The van der Waals surface area contributed by atoms with Gasteiger partial charge in [-0.2, -0.15) is 0 Å². The third-order valence-electron chi connectivity index (χ3n) is 4.31. The Morgan fingerprint density at radius 2 is 2.25 bits per heavy atom. The molecule has 0 saturated carbocycles. The van der Waals surface area contributed by atoms with Crippen LogP contribution >= 0.6 is 11.6 Å². The molecule has 1 aliphatic rings. The Morgan fingerprint density at radius 3 is 2.86 bits per heavy atom. The summed E-state index contributed by atoms with van der Waals surface area (Å²) < 4.78 is 19.5. The quantitative estimate of drug-likeness (QED) is 0.739. The first-order valence-corrected chi connectivity index (χ1v) is 8.79. The Kier molecular flexibility index (Phi) is 5.51. The summed E-state index contributed by atoms with van der Waals surface area (Å²) >= 11 is 6.19. The monoisotopic (exact) mass is 404 g/mol. The Balaban J connectivity index is 2.10. The molecule has 7 nitrogen and oxygen atoms in total. The molecule has 0 radical (unpaired) electrons. The van der Waals surface area contributed by atoms with E-state index in [1.807, 2.05) is 0 Å². The van der Waals surface area contributed by atoms with E-state index in [0.717, 1.165) is 0 Å². The average molecular weight is 405 g/mol. The number of urea groups is 1. The Morgan fingerprint density at radius 1 is 1.50 bits per heavy atom. The maximum absolute atomic E-state index is 14.6. The van der Waals surface area contributed by atoms with Gasteiger partial charge in [0.15, 0.2) is 5.82 Å². The molecule has 2 N–H and O–H groups in total. The molecule has 1 unspecified atom stereocenters. The first-order valence-electron chi connectivity index (χ1n) is 8.41. The van der Waals surface area contributed by atoms with E-state index in [1.54, 1.807) is 19.9 Å². The van der Waals surface area contributed by atoms with E-state index in [9.17, 15) is 14.0 Å². The van der Waals surface area contributed by atoms with Gasteiger partial charge in [0.05, 0.1) is 11.6 Å². The van der Waals surface area contributed by atoms with Crippen molar-refractivity contribution in [3.8, 4) is 0 Å². The fourth-order valence-electron chi connectivity index (χ4n) is 3.04. The molecule has 3 rings (SSSR count). The van der Waals surface area contributed by atoms with E-state index < -0.39 is 23.8 Å². The van der Waals surface area contributed by atoms with Crippen molar-refractivity contribution in [3.05, 3.63) is 70.4 Å². The lowest BCUT2D eigenvalue weighted by Gasteiger charge is -2.35. The molecule has 2 aromatic rings. The third-order valence-corrected chi connectivity index (χ3v) is 4.64. The molecule has 0 fully saturated rings. The molecule has 146 valence electrons. The second kappa shape index (κ2) is 7.85. The van der Waals surface area contributed by atoms with Gasteiger partial charge < -0.3 is 15.2 Å². The lowest BCUT2D eigenvalue weighted by atomic mass is 9.93. The lowest BCUT2D eigenvalue weighted by molar-refractivity contribution is -0.113. The molecule has 1 aliphatic heterocycles. The molecule has 0 aliphatic carbocycles. The molecule has 1 atom stereocenters. The van der Waals surface area contributed by atoms with Crippen molar-refractivity contribution in [2.24, 2.45) is 0 Å². The molecule has 0 saturated heterocycles. The minimum Gasteiger partial charge on any atom is -0.360 e. The minimum absolute atomic E-state index is 0.0107. The van der Waals surface area contributed by atoms with Crippen LogP contribution in [0.25, 0.3) is 0 Å². The van der Waals surface area contributed by atoms with E-state index in [4.69, 9.17) is 16.1 Å². The molecule has 1 aromatic heterocycles. The summed E-state index contributed by atoms with van der Waals surface area (Å²) in [6, 6.07) is 4.14. The van der Waals surface area contributed by atoms with Gasteiger partial charge in [0, 0.05) is 28.9 Å². The summed E-state index contributed by atoms with van der Waals surface area (Å²) in [7, 11) is 0. The molecule has 9 heteroatoms. The number of nitrogens with one attached hydrogen (secondary N) is 2. The number of hydrogen-bond acceptors (Lipinski definition) is 4. The zero-order valence-electron chi connectivity index (χ0n) is 15.3. The molecule has 2 heterocycles. The van der Waals surface area contributed by atoms with Crippen LogP contribution in [0, 0.1) is 12.7 Å². The number of aryl methyl sites for hydroxylation is 1. The number of halogens is 2. The number of rotatable bonds is 5. The summed E-state index contributed by atoms with van der Waals surface area (Å²) in [5.74, 6) is -0.484. The van der Waals surface area contributed by atoms with E-state index >= 15 is 0 Å². The molecular weight excluding hydrogens is 387 g/mol. The number of allylic oxidation sites excluding steroid dienone is 1. The SMILES string of the molecule is C=CCN1C(=O)NC(c2c(F)cccc2Cl)C(C(=O)Nc2cc(C)on2)=C1C. The van der Waals surface area contributed by atoms with Crippen LogP contribution in [0.5, 0.6) is 0 Å². The number of aromatic nitrogens is 1. The van der Waals surface area contributed by atoms with Crippen molar-refractivity contribution < 1.29 is 18.5 Å². The van der Waals surface area contributed by atoms with Crippen LogP contribution in [-0.4, -0.2) is 28.5 Å². The Hall–Kier alpha value is -3.13. The number of nitrogens with zero attached hydrogens (tertiary/aromatic N) is 2. The standard InChI is InChI=1S/C19H18ClFN4O3/c1-4-8-25-11(3)15(18(26)22-14-9-10(2)28-24-14)17(23-19(25)27)16-12(20)6-5-7-13(16)21/h4-7,9,17H,1,8H2,2-3H3,(H,23,27)(H,22,24,26). The maximum Gasteiger partial charge on any atom is 0.322 e. The van der Waals surface area contributed by atoms with E-state index in [-0.39, 0.29) is 28.5 Å². The molecule has 3 amide bonds. The lowest BCUT2D eigenvalue weighted by Crippen LogP contribution is -2.48. The highest BCUT2D eigenvalue weighted by atomic mass is 35.5. The zero-order chi connectivity index (χ0) is 20.4. The highest BCUT2D eigenvalue weighted by Gasteiger charge is 2.37. The predicted molar refractivity (Wildman–Crippen MR) is 102 cm³/mol. The summed E-state index contributed by atoms with van der Waals surface area (Å²) in [4.78, 5) is 26.9. The summed E-state index contributed by atoms with van der Waals surface area (Å²) in [5.41, 5.74) is 0.497. The van der Waals surface area contributed by atoms with Gasteiger partial charge >= 0.3 is 6.03 Å². The Bertz CT molecular complexity index is 965. The third kappa shape index (κ3) is 3.63. The van der Waals surface area contributed by atoms with Crippen molar-refractivity contribution in [2.45, 2.75) is 19.9 Å². The fourth-order valence-corrected chi connectivity index (χ4v) is 3.31. The van der Waals surface area contributed by atoms with Crippen LogP contribution in [-0.2, 0) is 4.79 Å². The summed E-state index contributed by atoms with van der Waals surface area (Å²) in [6.07, 6.45) is 1.52. The number of amides is 3. The number of hydrogen-bond donors (Lipinski definition) is 2. The van der Waals surface area contributed by atoms with Gasteiger partial charge in [-0.1, -0.05) is 28.9 Å². The second-order valence-corrected chi connectivity index (χ2v) is 6.60. The van der Waals surface area contributed by atoms with Gasteiger partial charge in [-0.15, -0.1) is 6.58 Å². The van der Waals surface area contributed by atoms with Gasteiger partial charge in [-0.05, 0) is 26.0 Å². The van der Waals surface area contributed by atoms with Gasteiger partial charge in [-0.25, -0.2) is 9.18 Å². The van der Waals surface area contributed by atoms with Crippen LogP contribution in [0.15, 0.2) is 52.7 Å². The van der Waals surface area contributed by atoms with Crippen LogP contribution < -0.4 is 10.6 Å². The van der Waals surface area contributed by atoms with Crippen LogP contribution in [0.4, 0.5) is 15.0 Å². The highest BCUT2D eigenvalue weighted by Crippen LogP contribution is 2.36.